The highest BCUT2D eigenvalue weighted by atomic mass is 15.3. The van der Waals surface area contributed by atoms with Gasteiger partial charge in [0.05, 0.1) is 5.56 Å². The fraction of sp³-hybridized carbons (Fsp3) is 0.455. The van der Waals surface area contributed by atoms with Crippen LogP contribution in [-0.4, -0.2) is 36.1 Å². The van der Waals surface area contributed by atoms with Crippen LogP contribution in [0.2, 0.25) is 0 Å². The standard InChI is InChI=1S/C11H14N4/c1-2-3-10-8-13-11(14-9-10)15-6-4-12-5-7-15/h8-9,12H,4-7H2,1H3. The Morgan fingerprint density at radius 2 is 1.93 bits per heavy atom. The lowest BCUT2D eigenvalue weighted by atomic mass is 10.3. The number of nitrogens with zero attached hydrogens (tertiary/aromatic N) is 3. The van der Waals surface area contributed by atoms with Crippen LogP contribution in [0.25, 0.3) is 0 Å². The topological polar surface area (TPSA) is 41.1 Å². The second-order valence-corrected chi connectivity index (χ2v) is 3.38. The first-order chi connectivity index (χ1) is 7.40. The van der Waals surface area contributed by atoms with Gasteiger partial charge in [-0.05, 0) is 6.92 Å². The molecule has 2 heterocycles. The molecular formula is C11H14N4. The van der Waals surface area contributed by atoms with E-state index in [2.05, 4.69) is 32.0 Å². The Hall–Kier alpha value is -1.60. The molecule has 1 aliphatic rings. The molecule has 0 radical (unpaired) electrons. The summed E-state index contributed by atoms with van der Waals surface area (Å²) in [4.78, 5) is 10.8. The Morgan fingerprint density at radius 3 is 2.53 bits per heavy atom. The second-order valence-electron chi connectivity index (χ2n) is 3.38. The SMILES string of the molecule is CC#Cc1cnc(N2CCNCC2)nc1. The molecule has 0 unspecified atom stereocenters. The van der Waals surface area contributed by atoms with E-state index in [1.807, 2.05) is 6.92 Å². The van der Waals surface area contributed by atoms with Gasteiger partial charge in [0.1, 0.15) is 0 Å². The van der Waals surface area contributed by atoms with Gasteiger partial charge in [-0.3, -0.25) is 0 Å². The van der Waals surface area contributed by atoms with Crippen LogP contribution in [0.4, 0.5) is 5.95 Å². The second kappa shape index (κ2) is 4.76. The molecule has 0 bridgehead atoms. The van der Waals surface area contributed by atoms with Crippen LogP contribution in [0.1, 0.15) is 12.5 Å². The highest BCUT2D eigenvalue weighted by molar-refractivity contribution is 5.35. The summed E-state index contributed by atoms with van der Waals surface area (Å²) in [6.07, 6.45) is 3.56. The number of rotatable bonds is 1. The van der Waals surface area contributed by atoms with Crippen molar-refractivity contribution in [3.05, 3.63) is 18.0 Å². The maximum absolute atomic E-state index is 4.31. The lowest BCUT2D eigenvalue weighted by Gasteiger charge is -2.27. The molecule has 0 spiro atoms. The van der Waals surface area contributed by atoms with Gasteiger partial charge in [0.2, 0.25) is 5.95 Å². The Labute approximate surface area is 89.7 Å². The maximum atomic E-state index is 4.31. The molecular weight excluding hydrogens is 188 g/mol. The minimum absolute atomic E-state index is 0.804. The molecule has 2 rings (SSSR count). The van der Waals surface area contributed by atoms with Crippen molar-refractivity contribution in [3.8, 4) is 11.8 Å². The average molecular weight is 202 g/mol. The van der Waals surface area contributed by atoms with Gasteiger partial charge in [-0.25, -0.2) is 9.97 Å². The molecule has 78 valence electrons. The summed E-state index contributed by atoms with van der Waals surface area (Å²) in [5.74, 6) is 6.57. The van der Waals surface area contributed by atoms with E-state index in [1.165, 1.54) is 0 Å². The largest absolute Gasteiger partial charge is 0.338 e. The summed E-state index contributed by atoms with van der Waals surface area (Å²) in [6, 6.07) is 0. The number of nitrogens with one attached hydrogen (secondary N) is 1. The van der Waals surface area contributed by atoms with Crippen LogP contribution in [-0.2, 0) is 0 Å². The first-order valence-corrected chi connectivity index (χ1v) is 5.10. The van der Waals surface area contributed by atoms with Crippen LogP contribution < -0.4 is 10.2 Å². The van der Waals surface area contributed by atoms with E-state index < -0.39 is 0 Å². The molecule has 4 heteroatoms. The molecule has 4 nitrogen and oxygen atoms in total. The third-order valence-corrected chi connectivity index (χ3v) is 2.31. The van der Waals surface area contributed by atoms with Crippen molar-refractivity contribution in [2.45, 2.75) is 6.92 Å². The Kier molecular flexibility index (Phi) is 3.15. The van der Waals surface area contributed by atoms with Crippen molar-refractivity contribution < 1.29 is 0 Å². The first kappa shape index (κ1) is 9.94. The predicted octanol–water partition coefficient (Wildman–Crippen LogP) is 0.258. The summed E-state index contributed by atoms with van der Waals surface area (Å²) in [7, 11) is 0. The molecule has 15 heavy (non-hydrogen) atoms. The van der Waals surface area contributed by atoms with E-state index in [0.29, 0.717) is 0 Å². The van der Waals surface area contributed by atoms with Crippen molar-refractivity contribution in [1.82, 2.24) is 15.3 Å². The zero-order valence-electron chi connectivity index (χ0n) is 8.82. The average Bonchev–Trinajstić information content (AvgIpc) is 2.32. The summed E-state index contributed by atoms with van der Waals surface area (Å²) in [5, 5.41) is 3.30. The van der Waals surface area contributed by atoms with Gasteiger partial charge in [-0.15, -0.1) is 5.92 Å². The fourth-order valence-electron chi connectivity index (χ4n) is 1.56. The minimum atomic E-state index is 0.804. The lowest BCUT2D eigenvalue weighted by Crippen LogP contribution is -2.44. The fourth-order valence-corrected chi connectivity index (χ4v) is 1.56. The van der Waals surface area contributed by atoms with Gasteiger partial charge >= 0.3 is 0 Å². The van der Waals surface area contributed by atoms with Crippen LogP contribution >= 0.6 is 0 Å². The van der Waals surface area contributed by atoms with Crippen LogP contribution in [0.3, 0.4) is 0 Å². The molecule has 0 amide bonds. The van der Waals surface area contributed by atoms with Crippen LogP contribution in [0.15, 0.2) is 12.4 Å². The molecule has 1 aromatic rings. The molecule has 0 aliphatic carbocycles. The van der Waals surface area contributed by atoms with Gasteiger partial charge in [0.25, 0.3) is 0 Å². The van der Waals surface area contributed by atoms with Gasteiger partial charge in [-0.2, -0.15) is 0 Å². The number of aromatic nitrogens is 2. The van der Waals surface area contributed by atoms with Gasteiger partial charge in [-0.1, -0.05) is 5.92 Å². The van der Waals surface area contributed by atoms with Crippen LogP contribution in [0, 0.1) is 11.8 Å². The lowest BCUT2D eigenvalue weighted by molar-refractivity contribution is 0.580. The number of piperazine rings is 1. The minimum Gasteiger partial charge on any atom is -0.338 e. The van der Waals surface area contributed by atoms with Crippen molar-refractivity contribution in [3.63, 3.8) is 0 Å². The molecule has 1 aromatic heterocycles. The van der Waals surface area contributed by atoms with E-state index >= 15 is 0 Å². The van der Waals surface area contributed by atoms with E-state index in [9.17, 15) is 0 Å². The van der Waals surface area contributed by atoms with Crippen LogP contribution in [0.5, 0.6) is 0 Å². The van der Waals surface area contributed by atoms with Crippen molar-refractivity contribution in [2.24, 2.45) is 0 Å². The van der Waals surface area contributed by atoms with E-state index in [0.717, 1.165) is 37.7 Å². The Bertz CT molecular complexity index is 368. The Balaban J connectivity index is 2.10. The molecule has 0 atom stereocenters. The summed E-state index contributed by atoms with van der Waals surface area (Å²) < 4.78 is 0. The van der Waals surface area contributed by atoms with Gasteiger partial charge < -0.3 is 10.2 Å². The third kappa shape index (κ3) is 2.45. The zero-order valence-corrected chi connectivity index (χ0v) is 8.82. The smallest absolute Gasteiger partial charge is 0.225 e. The van der Waals surface area contributed by atoms with E-state index in [4.69, 9.17) is 0 Å². The predicted molar refractivity (Wildman–Crippen MR) is 59.7 cm³/mol. The molecule has 0 aromatic carbocycles. The monoisotopic (exact) mass is 202 g/mol. The van der Waals surface area contributed by atoms with Crippen molar-refractivity contribution in [1.29, 1.82) is 0 Å². The first-order valence-electron chi connectivity index (χ1n) is 5.10. The van der Waals surface area contributed by atoms with Crippen molar-refractivity contribution >= 4 is 5.95 Å². The molecule has 1 saturated heterocycles. The summed E-state index contributed by atoms with van der Waals surface area (Å²) >= 11 is 0. The quantitative estimate of drug-likeness (QED) is 0.663. The number of anilines is 1. The van der Waals surface area contributed by atoms with E-state index in [1.54, 1.807) is 12.4 Å². The zero-order chi connectivity index (χ0) is 10.5. The maximum Gasteiger partial charge on any atom is 0.225 e. The normalized spacial score (nSPS) is 15.7. The van der Waals surface area contributed by atoms with Crippen molar-refractivity contribution in [2.75, 3.05) is 31.1 Å². The highest BCUT2D eigenvalue weighted by Gasteiger charge is 2.11. The number of hydrogen-bond donors (Lipinski definition) is 1. The van der Waals surface area contributed by atoms with Gasteiger partial charge in [0.15, 0.2) is 0 Å². The molecule has 1 aliphatic heterocycles. The molecule has 0 saturated carbocycles. The third-order valence-electron chi connectivity index (χ3n) is 2.31. The molecule has 1 fully saturated rings. The molecule has 1 N–H and O–H groups in total. The Morgan fingerprint density at radius 1 is 1.27 bits per heavy atom. The summed E-state index contributed by atoms with van der Waals surface area (Å²) in [6.45, 7) is 5.75. The van der Waals surface area contributed by atoms with E-state index in [-0.39, 0.29) is 0 Å². The highest BCUT2D eigenvalue weighted by Crippen LogP contribution is 2.07. The van der Waals surface area contributed by atoms with Gasteiger partial charge in [0, 0.05) is 38.6 Å². The summed E-state index contributed by atoms with van der Waals surface area (Å²) in [5.41, 5.74) is 0.872. The number of hydrogen-bond acceptors (Lipinski definition) is 4.